The highest BCUT2D eigenvalue weighted by molar-refractivity contribution is 7.89. The van der Waals surface area contributed by atoms with Crippen molar-refractivity contribution in [1.29, 1.82) is 0 Å². The van der Waals surface area contributed by atoms with Gasteiger partial charge < -0.3 is 9.64 Å². The summed E-state index contributed by atoms with van der Waals surface area (Å²) in [5, 5.41) is 0. The zero-order valence-corrected chi connectivity index (χ0v) is 19.5. The first-order chi connectivity index (χ1) is 16.6. The van der Waals surface area contributed by atoms with Crippen molar-refractivity contribution in [3.05, 3.63) is 66.2 Å². The van der Waals surface area contributed by atoms with Gasteiger partial charge in [0.05, 0.1) is 22.8 Å². The lowest BCUT2D eigenvalue weighted by Crippen LogP contribution is -2.49. The molecule has 3 aromatic rings. The first-order valence-electron chi connectivity index (χ1n) is 10.8. The molecule has 1 saturated heterocycles. The van der Waals surface area contributed by atoms with E-state index in [4.69, 9.17) is 4.74 Å². The highest BCUT2D eigenvalue weighted by Crippen LogP contribution is 2.33. The van der Waals surface area contributed by atoms with E-state index in [1.165, 1.54) is 6.33 Å². The Hall–Kier alpha value is -3.25. The standard InChI is InChI=1S/C23H22F4N4O3S/c1-2-34-17-5-3-16(4-6-17)21-14-22(29-15-28-21)30-9-11-31(12-10-30)35(32,33)18-7-8-20(24)19(13-18)23(25,26)27/h3-8,13-15H,2,9-12H2,1H3. The van der Waals surface area contributed by atoms with Crippen molar-refractivity contribution in [2.24, 2.45) is 0 Å². The molecule has 0 aliphatic carbocycles. The van der Waals surface area contributed by atoms with E-state index >= 15 is 0 Å². The normalized spacial score (nSPS) is 15.3. The number of sulfonamides is 1. The maximum Gasteiger partial charge on any atom is 0.419 e. The van der Waals surface area contributed by atoms with Gasteiger partial charge in [0, 0.05) is 37.8 Å². The Morgan fingerprint density at radius 1 is 0.971 bits per heavy atom. The second-order valence-corrected chi connectivity index (χ2v) is 9.69. The molecular weight excluding hydrogens is 488 g/mol. The molecule has 1 aliphatic rings. The minimum atomic E-state index is -5.00. The van der Waals surface area contributed by atoms with Crippen LogP contribution in [0.3, 0.4) is 0 Å². The molecule has 12 heteroatoms. The summed E-state index contributed by atoms with van der Waals surface area (Å²) in [6.45, 7) is 3.06. The number of nitrogens with zero attached hydrogens (tertiary/aromatic N) is 4. The highest BCUT2D eigenvalue weighted by Gasteiger charge is 2.37. The Balaban J connectivity index is 1.48. The van der Waals surface area contributed by atoms with Gasteiger partial charge in [-0.25, -0.2) is 22.8 Å². The van der Waals surface area contributed by atoms with Crippen LogP contribution in [0.5, 0.6) is 5.75 Å². The Kier molecular flexibility index (Phi) is 6.95. The van der Waals surface area contributed by atoms with Crippen LogP contribution in [-0.2, 0) is 16.2 Å². The van der Waals surface area contributed by atoms with Gasteiger partial charge in [-0.05, 0) is 49.4 Å². The van der Waals surface area contributed by atoms with Crippen LogP contribution in [0.1, 0.15) is 12.5 Å². The number of benzene rings is 2. The predicted octanol–water partition coefficient (Wildman–Crippen LogP) is 4.21. The second-order valence-electron chi connectivity index (χ2n) is 7.75. The molecule has 0 amide bonds. The zero-order chi connectivity index (χ0) is 25.2. The van der Waals surface area contributed by atoms with E-state index in [9.17, 15) is 26.0 Å². The van der Waals surface area contributed by atoms with Gasteiger partial charge in [0.25, 0.3) is 0 Å². The summed E-state index contributed by atoms with van der Waals surface area (Å²) < 4.78 is 85.1. The van der Waals surface area contributed by atoms with Gasteiger partial charge in [-0.15, -0.1) is 0 Å². The van der Waals surface area contributed by atoms with Gasteiger partial charge >= 0.3 is 6.18 Å². The second kappa shape index (κ2) is 9.78. The number of alkyl halides is 3. The minimum Gasteiger partial charge on any atom is -0.494 e. The van der Waals surface area contributed by atoms with E-state index in [2.05, 4.69) is 9.97 Å². The van der Waals surface area contributed by atoms with Crippen LogP contribution >= 0.6 is 0 Å². The van der Waals surface area contributed by atoms with Gasteiger partial charge in [-0.1, -0.05) is 0 Å². The molecule has 0 radical (unpaired) electrons. The first-order valence-corrected chi connectivity index (χ1v) is 12.2. The Morgan fingerprint density at radius 2 is 1.66 bits per heavy atom. The Labute approximate surface area is 200 Å². The number of anilines is 1. The molecule has 0 unspecified atom stereocenters. The van der Waals surface area contributed by atoms with Gasteiger partial charge in [-0.3, -0.25) is 0 Å². The van der Waals surface area contributed by atoms with Gasteiger partial charge in [-0.2, -0.15) is 17.5 Å². The number of aromatic nitrogens is 2. The quantitative estimate of drug-likeness (QED) is 0.463. The molecule has 0 N–H and O–H groups in total. The number of piperazine rings is 1. The van der Waals surface area contributed by atoms with E-state index in [1.54, 1.807) is 6.07 Å². The van der Waals surface area contributed by atoms with E-state index < -0.39 is 32.5 Å². The average Bonchev–Trinajstić information content (AvgIpc) is 2.84. The lowest BCUT2D eigenvalue weighted by atomic mass is 10.1. The predicted molar refractivity (Wildman–Crippen MR) is 121 cm³/mol. The van der Waals surface area contributed by atoms with Gasteiger partial charge in [0.1, 0.15) is 23.7 Å². The maximum absolute atomic E-state index is 13.6. The fourth-order valence-corrected chi connectivity index (χ4v) is 5.20. The van der Waals surface area contributed by atoms with Crippen molar-refractivity contribution in [1.82, 2.24) is 14.3 Å². The van der Waals surface area contributed by atoms with Gasteiger partial charge in [0.2, 0.25) is 10.0 Å². The Morgan fingerprint density at radius 3 is 2.29 bits per heavy atom. The summed E-state index contributed by atoms with van der Waals surface area (Å²) in [5.41, 5.74) is -0.0748. The zero-order valence-electron chi connectivity index (χ0n) is 18.7. The average molecular weight is 511 g/mol. The summed E-state index contributed by atoms with van der Waals surface area (Å²) >= 11 is 0. The van der Waals surface area contributed by atoms with Crippen LogP contribution in [0.4, 0.5) is 23.4 Å². The monoisotopic (exact) mass is 510 g/mol. The largest absolute Gasteiger partial charge is 0.494 e. The van der Waals surface area contributed by atoms with E-state index in [0.717, 1.165) is 21.7 Å². The summed E-state index contributed by atoms with van der Waals surface area (Å²) in [6.07, 6.45) is -3.58. The summed E-state index contributed by atoms with van der Waals surface area (Å²) in [7, 11) is -4.23. The molecule has 4 rings (SSSR count). The number of hydrogen-bond acceptors (Lipinski definition) is 6. The molecule has 0 bridgehead atoms. The maximum atomic E-state index is 13.6. The van der Waals surface area contributed by atoms with Crippen LogP contribution in [0, 0.1) is 5.82 Å². The molecule has 1 aromatic heterocycles. The third-order valence-electron chi connectivity index (χ3n) is 5.56. The van der Waals surface area contributed by atoms with Crippen molar-refractivity contribution in [2.45, 2.75) is 18.0 Å². The number of halogens is 4. The molecule has 0 atom stereocenters. The molecule has 1 aliphatic heterocycles. The van der Waals surface area contributed by atoms with Gasteiger partial charge in [0.15, 0.2) is 0 Å². The van der Waals surface area contributed by atoms with Crippen molar-refractivity contribution < 1.29 is 30.7 Å². The molecule has 1 fully saturated rings. The molecule has 2 heterocycles. The summed E-state index contributed by atoms with van der Waals surface area (Å²) in [6, 6.07) is 10.9. The van der Waals surface area contributed by atoms with Crippen LogP contribution < -0.4 is 9.64 Å². The molecular formula is C23H22F4N4O3S. The SMILES string of the molecule is CCOc1ccc(-c2cc(N3CCN(S(=O)(=O)c4ccc(F)c(C(F)(F)F)c4)CC3)ncn2)cc1. The lowest BCUT2D eigenvalue weighted by Gasteiger charge is -2.34. The molecule has 7 nitrogen and oxygen atoms in total. The van der Waals surface area contributed by atoms with Crippen molar-refractivity contribution in [3.8, 4) is 17.0 Å². The first kappa shape index (κ1) is 24.9. The number of ether oxygens (including phenoxy) is 1. The number of hydrogen-bond donors (Lipinski definition) is 0. The van der Waals surface area contributed by atoms with Crippen molar-refractivity contribution in [2.75, 3.05) is 37.7 Å². The van der Waals surface area contributed by atoms with E-state index in [0.29, 0.717) is 30.3 Å². The minimum absolute atomic E-state index is 0.0312. The van der Waals surface area contributed by atoms with Crippen molar-refractivity contribution >= 4 is 15.8 Å². The smallest absolute Gasteiger partial charge is 0.419 e. The van der Waals surface area contributed by atoms with Crippen LogP contribution in [-0.4, -0.2) is 55.5 Å². The Bertz CT molecular complexity index is 1290. The molecule has 0 spiro atoms. The van der Waals surface area contributed by atoms with Crippen LogP contribution in [0.2, 0.25) is 0 Å². The van der Waals surface area contributed by atoms with E-state index in [-0.39, 0.29) is 26.2 Å². The van der Waals surface area contributed by atoms with Crippen LogP contribution in [0.25, 0.3) is 11.3 Å². The molecule has 0 saturated carbocycles. The number of rotatable bonds is 6. The molecule has 2 aromatic carbocycles. The third-order valence-corrected chi connectivity index (χ3v) is 7.45. The summed E-state index contributed by atoms with van der Waals surface area (Å²) in [5.74, 6) is -0.179. The highest BCUT2D eigenvalue weighted by atomic mass is 32.2. The third kappa shape index (κ3) is 5.38. The van der Waals surface area contributed by atoms with Crippen LogP contribution in [0.15, 0.2) is 59.8 Å². The summed E-state index contributed by atoms with van der Waals surface area (Å²) in [4.78, 5) is 9.86. The fraction of sp³-hybridized carbons (Fsp3) is 0.304. The van der Waals surface area contributed by atoms with Crippen molar-refractivity contribution in [3.63, 3.8) is 0 Å². The molecule has 186 valence electrons. The molecule has 35 heavy (non-hydrogen) atoms. The fourth-order valence-electron chi connectivity index (χ4n) is 3.76. The topological polar surface area (TPSA) is 75.6 Å². The lowest BCUT2D eigenvalue weighted by molar-refractivity contribution is -0.140. The van der Waals surface area contributed by atoms with E-state index in [1.807, 2.05) is 36.1 Å².